The minimum Gasteiger partial charge on any atom is -0.399 e. The number of aromatic nitrogens is 2. The summed E-state index contributed by atoms with van der Waals surface area (Å²) in [5.74, 6) is 0. The van der Waals surface area contributed by atoms with Gasteiger partial charge in [-0.2, -0.15) is 0 Å². The van der Waals surface area contributed by atoms with Crippen LogP contribution < -0.4 is 10.9 Å². The van der Waals surface area contributed by atoms with Crippen molar-refractivity contribution in [3.8, 4) is 5.69 Å². The molecule has 96 valence electrons. The monoisotopic (exact) mass is 266 g/mol. The highest BCUT2D eigenvalue weighted by molar-refractivity contribution is 7.89. The maximum absolute atomic E-state index is 11.6. The molecule has 0 unspecified atom stereocenters. The maximum atomic E-state index is 11.6. The molecule has 0 bridgehead atoms. The Morgan fingerprint density at radius 1 is 1.28 bits per heavy atom. The van der Waals surface area contributed by atoms with Crippen LogP contribution in [0.3, 0.4) is 0 Å². The quantitative estimate of drug-likeness (QED) is 0.781. The van der Waals surface area contributed by atoms with Gasteiger partial charge in [0.25, 0.3) is 0 Å². The summed E-state index contributed by atoms with van der Waals surface area (Å²) in [6.07, 6.45) is 1.56. The van der Waals surface area contributed by atoms with Crippen LogP contribution >= 0.6 is 0 Å². The van der Waals surface area contributed by atoms with E-state index >= 15 is 0 Å². The van der Waals surface area contributed by atoms with E-state index in [4.69, 9.17) is 10.9 Å². The van der Waals surface area contributed by atoms with Crippen molar-refractivity contribution < 1.29 is 8.42 Å². The third kappa shape index (κ3) is 2.09. The van der Waals surface area contributed by atoms with Crippen LogP contribution in [0.4, 0.5) is 5.69 Å². The number of imidazole rings is 1. The van der Waals surface area contributed by atoms with Crippen molar-refractivity contribution in [2.24, 2.45) is 5.14 Å². The van der Waals surface area contributed by atoms with Crippen molar-refractivity contribution in [2.75, 3.05) is 5.73 Å². The summed E-state index contributed by atoms with van der Waals surface area (Å²) < 4.78 is 24.8. The molecule has 1 heterocycles. The van der Waals surface area contributed by atoms with Gasteiger partial charge in [-0.3, -0.25) is 0 Å². The Hall–Kier alpha value is -1.86. The predicted octanol–water partition coefficient (Wildman–Crippen LogP) is 0.719. The lowest BCUT2D eigenvalue weighted by Gasteiger charge is -2.11. The fourth-order valence-electron chi connectivity index (χ4n) is 1.70. The topological polar surface area (TPSA) is 104 Å². The number of sulfonamides is 1. The number of nitrogens with zero attached hydrogens (tertiary/aromatic N) is 2. The Labute approximate surface area is 105 Å². The van der Waals surface area contributed by atoms with E-state index in [1.165, 1.54) is 6.07 Å². The highest BCUT2D eigenvalue weighted by atomic mass is 32.2. The summed E-state index contributed by atoms with van der Waals surface area (Å²) in [6.45, 7) is 3.70. The fourth-order valence-corrected chi connectivity index (χ4v) is 2.46. The normalized spacial score (nSPS) is 11.7. The second-order valence-corrected chi connectivity index (χ2v) is 5.59. The lowest BCUT2D eigenvalue weighted by Crippen LogP contribution is -2.16. The summed E-state index contributed by atoms with van der Waals surface area (Å²) in [5, 5.41) is 5.20. The van der Waals surface area contributed by atoms with Gasteiger partial charge in [0.15, 0.2) is 0 Å². The molecular formula is C11H14N4O2S. The second kappa shape index (κ2) is 4.11. The number of hydrogen-bond acceptors (Lipinski definition) is 4. The highest BCUT2D eigenvalue weighted by Crippen LogP contribution is 2.23. The van der Waals surface area contributed by atoms with Crippen molar-refractivity contribution in [3.63, 3.8) is 0 Å². The second-order valence-electron chi connectivity index (χ2n) is 4.06. The summed E-state index contributed by atoms with van der Waals surface area (Å²) in [6, 6.07) is 4.58. The number of hydrogen-bond donors (Lipinski definition) is 2. The third-order valence-electron chi connectivity index (χ3n) is 2.80. The van der Waals surface area contributed by atoms with Crippen molar-refractivity contribution in [2.45, 2.75) is 18.7 Å². The molecule has 0 amide bonds. The van der Waals surface area contributed by atoms with Gasteiger partial charge in [-0.1, -0.05) is 0 Å². The van der Waals surface area contributed by atoms with Gasteiger partial charge in [0.1, 0.15) is 4.90 Å². The molecule has 0 aliphatic carbocycles. The molecule has 0 atom stereocenters. The Balaban J connectivity index is 2.76. The van der Waals surface area contributed by atoms with E-state index in [1.54, 1.807) is 23.0 Å². The lowest BCUT2D eigenvalue weighted by atomic mass is 10.2. The Morgan fingerprint density at radius 3 is 2.44 bits per heavy atom. The molecule has 1 aromatic carbocycles. The standard InChI is InChI=1S/C11H14N4O2S/c1-7-8(2)15(6-14-7)10-4-3-9(12)5-11(10)18(13,16)17/h3-6H,12H2,1-2H3,(H2,13,16,17). The van der Waals surface area contributed by atoms with Gasteiger partial charge in [0.2, 0.25) is 10.0 Å². The first-order valence-corrected chi connectivity index (χ1v) is 6.78. The van der Waals surface area contributed by atoms with Gasteiger partial charge in [0.05, 0.1) is 17.7 Å². The van der Waals surface area contributed by atoms with E-state index in [1.807, 2.05) is 13.8 Å². The first-order valence-electron chi connectivity index (χ1n) is 5.24. The van der Waals surface area contributed by atoms with Gasteiger partial charge in [-0.15, -0.1) is 0 Å². The molecule has 6 nitrogen and oxygen atoms in total. The average molecular weight is 266 g/mol. The largest absolute Gasteiger partial charge is 0.399 e. The first-order chi connectivity index (χ1) is 8.30. The third-order valence-corrected chi connectivity index (χ3v) is 3.74. The van der Waals surface area contributed by atoms with Crippen LogP contribution in [0.5, 0.6) is 0 Å². The fraction of sp³-hybridized carbons (Fsp3) is 0.182. The van der Waals surface area contributed by atoms with E-state index in [9.17, 15) is 8.42 Å². The van der Waals surface area contributed by atoms with Crippen molar-refractivity contribution >= 4 is 15.7 Å². The van der Waals surface area contributed by atoms with Crippen LogP contribution in [0.2, 0.25) is 0 Å². The molecule has 0 aliphatic heterocycles. The number of anilines is 1. The number of rotatable bonds is 2. The number of aryl methyl sites for hydroxylation is 1. The molecule has 4 N–H and O–H groups in total. The van der Waals surface area contributed by atoms with Gasteiger partial charge < -0.3 is 10.3 Å². The highest BCUT2D eigenvalue weighted by Gasteiger charge is 2.17. The average Bonchev–Trinajstić information content (AvgIpc) is 2.59. The number of primary sulfonamides is 1. The van der Waals surface area contributed by atoms with Crippen LogP contribution in [0, 0.1) is 13.8 Å². The van der Waals surface area contributed by atoms with E-state index in [2.05, 4.69) is 4.98 Å². The van der Waals surface area contributed by atoms with Crippen molar-refractivity contribution in [3.05, 3.63) is 35.9 Å². The number of benzene rings is 1. The summed E-state index contributed by atoms with van der Waals surface area (Å²) in [7, 11) is -3.84. The molecule has 0 spiro atoms. The molecule has 1 aromatic heterocycles. The maximum Gasteiger partial charge on any atom is 0.240 e. The van der Waals surface area contributed by atoms with Gasteiger partial charge >= 0.3 is 0 Å². The Bertz CT molecular complexity index is 704. The molecule has 2 rings (SSSR count). The molecule has 0 radical (unpaired) electrons. The van der Waals surface area contributed by atoms with E-state index < -0.39 is 10.0 Å². The minimum atomic E-state index is -3.84. The molecule has 0 saturated heterocycles. The SMILES string of the molecule is Cc1ncn(-c2ccc(N)cc2S(N)(=O)=O)c1C. The number of nitrogens with two attached hydrogens (primary N) is 2. The smallest absolute Gasteiger partial charge is 0.240 e. The van der Waals surface area contributed by atoms with E-state index in [0.717, 1.165) is 11.4 Å². The Morgan fingerprint density at radius 2 is 1.94 bits per heavy atom. The summed E-state index contributed by atoms with van der Waals surface area (Å²) in [4.78, 5) is 4.12. The van der Waals surface area contributed by atoms with Crippen LogP contribution in [0.25, 0.3) is 5.69 Å². The van der Waals surface area contributed by atoms with Gasteiger partial charge in [0, 0.05) is 11.4 Å². The van der Waals surface area contributed by atoms with E-state index in [-0.39, 0.29) is 4.90 Å². The lowest BCUT2D eigenvalue weighted by molar-refractivity contribution is 0.597. The number of nitrogen functional groups attached to an aromatic ring is 1. The Kier molecular flexibility index (Phi) is 2.88. The molecule has 0 aliphatic rings. The molecule has 2 aromatic rings. The van der Waals surface area contributed by atoms with E-state index in [0.29, 0.717) is 11.4 Å². The summed E-state index contributed by atoms with van der Waals surface area (Å²) in [5.41, 5.74) is 8.07. The zero-order valence-corrected chi connectivity index (χ0v) is 10.9. The zero-order valence-electron chi connectivity index (χ0n) is 10.1. The molecular weight excluding hydrogens is 252 g/mol. The van der Waals surface area contributed by atoms with Crippen molar-refractivity contribution in [1.29, 1.82) is 0 Å². The molecule has 0 fully saturated rings. The van der Waals surface area contributed by atoms with Crippen LogP contribution in [-0.2, 0) is 10.0 Å². The van der Waals surface area contributed by atoms with Crippen LogP contribution in [0.15, 0.2) is 29.4 Å². The van der Waals surface area contributed by atoms with Gasteiger partial charge in [-0.25, -0.2) is 18.5 Å². The molecule has 0 saturated carbocycles. The molecule has 18 heavy (non-hydrogen) atoms. The van der Waals surface area contributed by atoms with Gasteiger partial charge in [-0.05, 0) is 32.0 Å². The molecule has 7 heteroatoms. The first kappa shape index (κ1) is 12.6. The van der Waals surface area contributed by atoms with Crippen molar-refractivity contribution in [1.82, 2.24) is 9.55 Å². The summed E-state index contributed by atoms with van der Waals surface area (Å²) >= 11 is 0. The van der Waals surface area contributed by atoms with Crippen LogP contribution in [0.1, 0.15) is 11.4 Å². The predicted molar refractivity (Wildman–Crippen MR) is 68.8 cm³/mol. The van der Waals surface area contributed by atoms with Crippen LogP contribution in [-0.4, -0.2) is 18.0 Å². The minimum absolute atomic E-state index is 0.0111. The zero-order chi connectivity index (χ0) is 13.5.